The number of aromatic nitrogens is 2. The molecule has 0 aliphatic heterocycles. The Morgan fingerprint density at radius 2 is 1.68 bits per heavy atom. The molecule has 1 heterocycles. The third-order valence-electron chi connectivity index (χ3n) is 5.68. The molecule has 0 amide bonds. The summed E-state index contributed by atoms with van der Waals surface area (Å²) in [5.74, 6) is -0.159. The minimum atomic E-state index is -4.14. The van der Waals surface area contributed by atoms with Crippen LogP contribution in [0.25, 0.3) is 11.1 Å². The topological polar surface area (TPSA) is 157 Å². The van der Waals surface area contributed by atoms with E-state index in [1.54, 1.807) is 89.8 Å². The lowest BCUT2D eigenvalue weighted by Gasteiger charge is -2.17. The number of hydrogen-bond acceptors (Lipinski definition) is 9. The van der Waals surface area contributed by atoms with Crippen LogP contribution in [-0.2, 0) is 16.9 Å². The van der Waals surface area contributed by atoms with E-state index in [9.17, 15) is 22.1 Å². The summed E-state index contributed by atoms with van der Waals surface area (Å²) in [7, 11) is -4.14. The molecule has 3 aromatic carbocycles. The number of aliphatic hydroxyl groups excluding tert-OH is 1. The number of rotatable bonds is 10. The quantitative estimate of drug-likeness (QED) is 0.105. The van der Waals surface area contributed by atoms with Crippen molar-refractivity contribution in [3.05, 3.63) is 84.3 Å². The van der Waals surface area contributed by atoms with Gasteiger partial charge in [-0.15, -0.1) is 0 Å². The third kappa shape index (κ3) is 7.24. The molecular formula is C26H26FIN6O4S2. The first-order valence-electron chi connectivity index (χ1n) is 11.8. The smallest absolute Gasteiger partial charge is 0.264 e. The highest BCUT2D eigenvalue weighted by atomic mass is 127. The fraction of sp³-hybridized carbons (Fsp3) is 0.154. The van der Waals surface area contributed by atoms with Gasteiger partial charge in [0.05, 0.1) is 11.5 Å². The average Bonchev–Trinajstić information content (AvgIpc) is 2.90. The highest BCUT2D eigenvalue weighted by molar-refractivity contribution is 14.2. The van der Waals surface area contributed by atoms with Crippen molar-refractivity contribution in [3.8, 4) is 11.1 Å². The molecular weight excluding hydrogens is 670 g/mol. The van der Waals surface area contributed by atoms with E-state index in [1.165, 1.54) is 12.1 Å². The van der Waals surface area contributed by atoms with E-state index < -0.39 is 27.6 Å². The number of sulfonamides is 1. The van der Waals surface area contributed by atoms with Crippen LogP contribution in [0.5, 0.6) is 0 Å². The number of aryl methyl sites for hydroxylation is 1. The molecule has 210 valence electrons. The van der Waals surface area contributed by atoms with Crippen molar-refractivity contribution in [2.75, 3.05) is 22.0 Å². The number of nitrogens with zero attached hydrogens (tertiary/aromatic N) is 2. The van der Waals surface area contributed by atoms with Crippen molar-refractivity contribution in [2.45, 2.75) is 29.7 Å². The Labute approximate surface area is 244 Å². The second-order valence-corrected chi connectivity index (χ2v) is 15.8. The molecule has 0 saturated heterocycles. The molecule has 0 bridgehead atoms. The number of benzene rings is 3. The molecule has 0 aliphatic carbocycles. The highest BCUT2D eigenvalue weighted by Crippen LogP contribution is 2.30. The summed E-state index contributed by atoms with van der Waals surface area (Å²) in [5, 5.41) is 15.8. The summed E-state index contributed by atoms with van der Waals surface area (Å²) in [5.41, 5.74) is 2.75. The fourth-order valence-corrected chi connectivity index (χ4v) is 6.22. The minimum Gasteiger partial charge on any atom is -0.394 e. The van der Waals surface area contributed by atoms with E-state index in [4.69, 9.17) is 4.78 Å². The highest BCUT2D eigenvalue weighted by Gasteiger charge is 2.20. The molecule has 40 heavy (non-hydrogen) atoms. The zero-order valence-electron chi connectivity index (χ0n) is 21.4. The van der Waals surface area contributed by atoms with Gasteiger partial charge in [-0.2, -0.15) is 4.98 Å². The van der Waals surface area contributed by atoms with Crippen molar-refractivity contribution < 1.29 is 22.1 Å². The maximum atomic E-state index is 14.2. The van der Waals surface area contributed by atoms with E-state index >= 15 is 0 Å². The zero-order valence-corrected chi connectivity index (χ0v) is 25.1. The monoisotopic (exact) mass is 696 g/mol. The Kier molecular flexibility index (Phi) is 8.92. The maximum absolute atomic E-state index is 14.2. The Balaban J connectivity index is 1.59. The van der Waals surface area contributed by atoms with Crippen LogP contribution in [0.4, 0.5) is 27.5 Å². The van der Waals surface area contributed by atoms with E-state index in [2.05, 4.69) is 25.3 Å². The second kappa shape index (κ2) is 12.0. The molecule has 1 unspecified atom stereocenters. The van der Waals surface area contributed by atoms with Gasteiger partial charge in [0.25, 0.3) is 10.0 Å². The van der Waals surface area contributed by atoms with Crippen LogP contribution in [0.15, 0.2) is 82.7 Å². The Morgan fingerprint density at radius 3 is 2.30 bits per heavy atom. The van der Waals surface area contributed by atoms with Gasteiger partial charge < -0.3 is 15.7 Å². The molecule has 2 atom stereocenters. The van der Waals surface area contributed by atoms with Crippen molar-refractivity contribution in [1.82, 2.24) is 9.97 Å². The number of halogens is 2. The molecule has 14 heteroatoms. The van der Waals surface area contributed by atoms with E-state index in [-0.39, 0.29) is 24.3 Å². The van der Waals surface area contributed by atoms with Crippen LogP contribution in [0.3, 0.4) is 0 Å². The maximum Gasteiger partial charge on any atom is 0.264 e. The van der Waals surface area contributed by atoms with Crippen molar-refractivity contribution in [2.24, 2.45) is 0 Å². The lowest BCUT2D eigenvalue weighted by molar-refractivity contribution is 0.281. The summed E-state index contributed by atoms with van der Waals surface area (Å²) in [6.07, 6.45) is 1.58. The summed E-state index contributed by atoms with van der Waals surface area (Å²) < 4.78 is 61.7. The number of anilines is 4. The van der Waals surface area contributed by atoms with Crippen LogP contribution in [0, 0.1) is 17.5 Å². The first-order chi connectivity index (χ1) is 18.9. The molecule has 5 N–H and O–H groups in total. The lowest BCUT2D eigenvalue weighted by atomic mass is 10.1. The number of hydrogen-bond donors (Lipinski definition) is 5. The molecule has 0 saturated carbocycles. The third-order valence-corrected chi connectivity index (χ3v) is 9.48. The van der Waals surface area contributed by atoms with Gasteiger partial charge in [0, 0.05) is 50.4 Å². The van der Waals surface area contributed by atoms with Crippen LogP contribution >= 0.6 is 21.2 Å². The molecule has 1 aromatic heterocycles. The molecule has 10 nitrogen and oxygen atoms in total. The molecule has 0 aliphatic rings. The Morgan fingerprint density at radius 1 is 1.02 bits per heavy atom. The van der Waals surface area contributed by atoms with Crippen LogP contribution in [0.2, 0.25) is 0 Å². The predicted molar refractivity (Wildman–Crippen MR) is 162 cm³/mol. The first kappa shape index (κ1) is 29.6. The Hall–Kier alpha value is -3.34. The molecule has 4 rings (SSSR count). The van der Waals surface area contributed by atoms with Gasteiger partial charge in [-0.1, -0.05) is 18.2 Å². The minimum absolute atomic E-state index is 0.146. The number of nitrogens with one attached hydrogen (secondary N) is 4. The summed E-state index contributed by atoms with van der Waals surface area (Å²) in [4.78, 5) is 8.89. The van der Waals surface area contributed by atoms with Crippen molar-refractivity contribution >= 4 is 61.3 Å². The van der Waals surface area contributed by atoms with Gasteiger partial charge in [-0.05, 0) is 73.5 Å². The van der Waals surface area contributed by atoms with Gasteiger partial charge in [-0.3, -0.25) is 4.72 Å². The van der Waals surface area contributed by atoms with Gasteiger partial charge in [0.2, 0.25) is 5.95 Å². The van der Waals surface area contributed by atoms with Crippen molar-refractivity contribution in [1.29, 1.82) is 4.78 Å². The first-order valence-corrected chi connectivity index (χ1v) is 17.4. The van der Waals surface area contributed by atoms with Crippen LogP contribution in [-0.4, -0.2) is 40.3 Å². The van der Waals surface area contributed by atoms with E-state index in [0.29, 0.717) is 33.1 Å². The van der Waals surface area contributed by atoms with Crippen molar-refractivity contribution in [3.63, 3.8) is 0 Å². The normalized spacial score (nSPS) is 13.7. The fourth-order valence-electron chi connectivity index (χ4n) is 3.63. The summed E-state index contributed by atoms with van der Waals surface area (Å²) in [6.45, 7) is 0.453. The van der Waals surface area contributed by atoms with Crippen LogP contribution in [0.1, 0.15) is 12.5 Å². The predicted octanol–water partition coefficient (Wildman–Crippen LogP) is 5.68. The summed E-state index contributed by atoms with van der Waals surface area (Å²) in [6, 6.07) is 16.5. The van der Waals surface area contributed by atoms with Gasteiger partial charge >= 0.3 is 0 Å². The standard InChI is InChI=1S/C26H26FIN6O4S2/c1-16-3-12-23(27)24(13-16)40(37,38)34-20-6-4-18(5-7-20)22-14-30-26(33-25(22)31-17(2)15-35)32-19-8-10-21(11-9-19)39(28,29)36/h3-14,17,29,34-35H,15H2,1-2H3,(H2,30,31,32,33)/t17-,39?/m1/s1. The average molecular weight is 697 g/mol. The Bertz CT molecular complexity index is 1740. The second-order valence-electron chi connectivity index (χ2n) is 8.94. The molecule has 4 aromatic rings. The van der Waals surface area contributed by atoms with Gasteiger partial charge in [0.1, 0.15) is 23.4 Å². The van der Waals surface area contributed by atoms with E-state index in [1.807, 2.05) is 0 Å². The largest absolute Gasteiger partial charge is 0.394 e. The molecule has 0 spiro atoms. The lowest BCUT2D eigenvalue weighted by Crippen LogP contribution is -2.21. The summed E-state index contributed by atoms with van der Waals surface area (Å²) >= 11 is 1.59. The van der Waals surface area contributed by atoms with Gasteiger partial charge in [0.15, 0.2) is 0 Å². The van der Waals surface area contributed by atoms with Crippen LogP contribution < -0.4 is 15.4 Å². The molecule has 0 radical (unpaired) electrons. The number of aliphatic hydroxyl groups is 1. The van der Waals surface area contributed by atoms with Gasteiger partial charge in [-0.25, -0.2) is 26.8 Å². The SMILES string of the molecule is Cc1ccc(F)c(S(=O)(=O)Nc2ccc(-c3cnc(Nc4ccc(S(=N)(=O)I)cc4)nc3N[C@H](C)CO)cc2)c1. The van der Waals surface area contributed by atoms with E-state index in [0.717, 1.165) is 6.07 Å². The zero-order chi connectivity index (χ0) is 29.1. The molecule has 0 fully saturated rings.